The van der Waals surface area contributed by atoms with E-state index in [9.17, 15) is 9.18 Å². The molecular formula is C21H32Cl2FN3O2. The van der Waals surface area contributed by atoms with Crippen LogP contribution in [0.1, 0.15) is 37.7 Å². The molecule has 1 N–H and O–H groups in total. The van der Waals surface area contributed by atoms with Gasteiger partial charge in [-0.15, -0.1) is 24.8 Å². The molecule has 2 saturated heterocycles. The summed E-state index contributed by atoms with van der Waals surface area (Å²) >= 11 is 0. The molecule has 0 radical (unpaired) electrons. The maximum Gasteiger partial charge on any atom is 0.239 e. The summed E-state index contributed by atoms with van der Waals surface area (Å²) in [5, 5.41) is 3.60. The Labute approximate surface area is 185 Å². The first kappa shape index (κ1) is 24.2. The number of carbonyl (C=O) groups is 1. The second kappa shape index (κ2) is 10.8. The Bertz CT molecular complexity index is 672. The predicted molar refractivity (Wildman–Crippen MR) is 117 cm³/mol. The number of methoxy groups -OCH3 is 1. The van der Waals surface area contributed by atoms with E-state index in [1.54, 1.807) is 19.2 Å². The minimum Gasteiger partial charge on any atom is -0.496 e. The molecule has 3 aliphatic rings. The summed E-state index contributed by atoms with van der Waals surface area (Å²) in [4.78, 5) is 17.2. The zero-order chi connectivity index (χ0) is 18.8. The van der Waals surface area contributed by atoms with Crippen LogP contribution >= 0.6 is 24.8 Å². The Kier molecular flexibility index (Phi) is 9.01. The minimum atomic E-state index is -0.242. The number of rotatable bonds is 4. The molecule has 2 heterocycles. The number of ether oxygens (including phenoxy) is 1. The molecule has 1 aromatic carbocycles. The van der Waals surface area contributed by atoms with E-state index >= 15 is 0 Å². The van der Waals surface area contributed by atoms with Gasteiger partial charge in [0.1, 0.15) is 11.6 Å². The fourth-order valence-corrected chi connectivity index (χ4v) is 4.97. The number of fused-ring (bicyclic) bond motifs is 1. The largest absolute Gasteiger partial charge is 0.496 e. The Morgan fingerprint density at radius 3 is 2.59 bits per heavy atom. The molecule has 5 nitrogen and oxygen atoms in total. The highest BCUT2D eigenvalue weighted by molar-refractivity contribution is 5.85. The van der Waals surface area contributed by atoms with E-state index in [0.29, 0.717) is 24.3 Å². The van der Waals surface area contributed by atoms with Crippen molar-refractivity contribution in [2.24, 2.45) is 5.92 Å². The number of carbonyl (C=O) groups excluding carboxylic acids is 1. The third-order valence-electron chi connectivity index (χ3n) is 6.48. The average molecular weight is 448 g/mol. The van der Waals surface area contributed by atoms with Gasteiger partial charge in [0.05, 0.1) is 13.2 Å². The molecule has 1 aliphatic carbocycles. The van der Waals surface area contributed by atoms with Crippen molar-refractivity contribution in [2.75, 3.05) is 33.3 Å². The van der Waals surface area contributed by atoms with Crippen molar-refractivity contribution in [2.45, 2.75) is 50.7 Å². The normalized spacial score (nSPS) is 26.8. The highest BCUT2D eigenvalue weighted by Gasteiger charge is 2.40. The molecule has 1 amide bonds. The fraction of sp³-hybridized carbons (Fsp3) is 0.667. The highest BCUT2D eigenvalue weighted by Crippen LogP contribution is 2.33. The minimum absolute atomic E-state index is 0. The molecule has 0 spiro atoms. The van der Waals surface area contributed by atoms with Crippen LogP contribution in [0.3, 0.4) is 0 Å². The van der Waals surface area contributed by atoms with Crippen LogP contribution in [0.4, 0.5) is 4.39 Å². The van der Waals surface area contributed by atoms with Crippen LogP contribution in [0, 0.1) is 11.7 Å². The van der Waals surface area contributed by atoms with Crippen LogP contribution in [0.15, 0.2) is 18.2 Å². The van der Waals surface area contributed by atoms with E-state index < -0.39 is 0 Å². The summed E-state index contributed by atoms with van der Waals surface area (Å²) < 4.78 is 18.9. The van der Waals surface area contributed by atoms with E-state index in [4.69, 9.17) is 4.74 Å². The van der Waals surface area contributed by atoms with E-state index in [1.807, 2.05) is 4.90 Å². The first-order valence-corrected chi connectivity index (χ1v) is 10.2. The molecular weight excluding hydrogens is 416 g/mol. The van der Waals surface area contributed by atoms with E-state index in [0.717, 1.165) is 38.2 Å². The SMILES string of the molecule is COc1ccc(F)cc1CN1CCN(C(=O)C2CC3CCCCC3N2)CC1.Cl.Cl. The maximum absolute atomic E-state index is 13.6. The van der Waals surface area contributed by atoms with Crippen molar-refractivity contribution in [1.82, 2.24) is 15.1 Å². The molecule has 8 heteroatoms. The highest BCUT2D eigenvalue weighted by atomic mass is 35.5. The fourth-order valence-electron chi connectivity index (χ4n) is 4.97. The van der Waals surface area contributed by atoms with Crippen molar-refractivity contribution >= 4 is 30.7 Å². The van der Waals surface area contributed by atoms with E-state index in [-0.39, 0.29) is 42.6 Å². The lowest BCUT2D eigenvalue weighted by atomic mass is 9.85. The monoisotopic (exact) mass is 447 g/mol. The van der Waals surface area contributed by atoms with Gasteiger partial charge >= 0.3 is 0 Å². The number of nitrogens with zero attached hydrogens (tertiary/aromatic N) is 2. The van der Waals surface area contributed by atoms with Gasteiger partial charge in [-0.3, -0.25) is 9.69 Å². The summed E-state index contributed by atoms with van der Waals surface area (Å²) in [5.74, 6) is 1.43. The molecule has 1 saturated carbocycles. The third-order valence-corrected chi connectivity index (χ3v) is 6.48. The van der Waals surface area contributed by atoms with Crippen LogP contribution in [0.25, 0.3) is 0 Å². The number of piperazine rings is 1. The van der Waals surface area contributed by atoms with Gasteiger partial charge in [-0.05, 0) is 43.4 Å². The van der Waals surface area contributed by atoms with Crippen LogP contribution < -0.4 is 10.1 Å². The zero-order valence-electron chi connectivity index (χ0n) is 16.9. The van der Waals surface area contributed by atoms with Crippen LogP contribution in [0.2, 0.25) is 0 Å². The van der Waals surface area contributed by atoms with Gasteiger partial charge in [0.15, 0.2) is 0 Å². The summed E-state index contributed by atoms with van der Waals surface area (Å²) in [5.41, 5.74) is 0.860. The van der Waals surface area contributed by atoms with Crippen molar-refractivity contribution in [3.63, 3.8) is 0 Å². The first-order chi connectivity index (χ1) is 13.1. The van der Waals surface area contributed by atoms with Gasteiger partial charge in [-0.25, -0.2) is 4.39 Å². The second-order valence-electron chi connectivity index (χ2n) is 8.16. The summed E-state index contributed by atoms with van der Waals surface area (Å²) in [6, 6.07) is 5.20. The molecule has 4 rings (SSSR count). The topological polar surface area (TPSA) is 44.8 Å². The van der Waals surface area contributed by atoms with Gasteiger partial charge in [-0.1, -0.05) is 12.8 Å². The molecule has 164 valence electrons. The quantitative estimate of drug-likeness (QED) is 0.769. The standard InChI is InChI=1S/C21H30FN3O2.2ClH/c1-27-20-7-6-17(22)12-16(20)14-24-8-10-25(11-9-24)21(26)19-13-15-4-2-3-5-18(15)23-19;;/h6-7,12,15,18-19,23H,2-5,8-11,13-14H2,1H3;2*1H. The van der Waals surface area contributed by atoms with Crippen LogP contribution in [-0.2, 0) is 11.3 Å². The molecule has 3 fully saturated rings. The van der Waals surface area contributed by atoms with Crippen LogP contribution in [0.5, 0.6) is 5.75 Å². The summed E-state index contributed by atoms with van der Waals surface area (Å²) in [6.07, 6.45) is 6.09. The second-order valence-corrected chi connectivity index (χ2v) is 8.16. The maximum atomic E-state index is 13.6. The average Bonchev–Trinajstić information content (AvgIpc) is 3.12. The van der Waals surface area contributed by atoms with E-state index in [1.165, 1.54) is 31.7 Å². The van der Waals surface area contributed by atoms with Crippen LogP contribution in [-0.4, -0.2) is 61.1 Å². The Balaban J connectivity index is 0.00000150. The molecule has 3 atom stereocenters. The Morgan fingerprint density at radius 1 is 1.17 bits per heavy atom. The van der Waals surface area contributed by atoms with Crippen molar-refractivity contribution in [3.8, 4) is 5.75 Å². The van der Waals surface area contributed by atoms with E-state index in [2.05, 4.69) is 10.2 Å². The lowest BCUT2D eigenvalue weighted by molar-refractivity contribution is -0.135. The Morgan fingerprint density at radius 2 is 1.90 bits per heavy atom. The lowest BCUT2D eigenvalue weighted by Gasteiger charge is -2.36. The Hall–Kier alpha value is -1.08. The van der Waals surface area contributed by atoms with Gasteiger partial charge < -0.3 is 15.0 Å². The molecule has 1 aromatic rings. The van der Waals surface area contributed by atoms with Crippen molar-refractivity contribution < 1.29 is 13.9 Å². The van der Waals surface area contributed by atoms with Crippen molar-refractivity contribution in [3.05, 3.63) is 29.6 Å². The number of benzene rings is 1. The molecule has 0 aromatic heterocycles. The molecule has 29 heavy (non-hydrogen) atoms. The number of hydrogen-bond acceptors (Lipinski definition) is 4. The molecule has 2 aliphatic heterocycles. The molecule has 3 unspecified atom stereocenters. The number of halogens is 3. The third kappa shape index (κ3) is 5.54. The zero-order valence-corrected chi connectivity index (χ0v) is 18.6. The van der Waals surface area contributed by atoms with Crippen molar-refractivity contribution in [1.29, 1.82) is 0 Å². The lowest BCUT2D eigenvalue weighted by Crippen LogP contribution is -2.53. The summed E-state index contributed by atoms with van der Waals surface area (Å²) in [6.45, 7) is 3.75. The molecule has 0 bridgehead atoms. The number of amides is 1. The smallest absolute Gasteiger partial charge is 0.239 e. The number of hydrogen-bond donors (Lipinski definition) is 1. The van der Waals surface area contributed by atoms with Gasteiger partial charge in [-0.2, -0.15) is 0 Å². The first-order valence-electron chi connectivity index (χ1n) is 10.2. The van der Waals surface area contributed by atoms with Gasteiger partial charge in [0, 0.05) is 44.3 Å². The number of nitrogens with one attached hydrogen (secondary N) is 1. The summed E-state index contributed by atoms with van der Waals surface area (Å²) in [7, 11) is 1.61. The van der Waals surface area contributed by atoms with Gasteiger partial charge in [0.25, 0.3) is 0 Å². The van der Waals surface area contributed by atoms with Gasteiger partial charge in [0.2, 0.25) is 5.91 Å². The predicted octanol–water partition coefficient (Wildman–Crippen LogP) is 3.24.